The zero-order chi connectivity index (χ0) is 13.8. The van der Waals surface area contributed by atoms with E-state index in [4.69, 9.17) is 14.6 Å². The molecule has 5 nitrogen and oxygen atoms in total. The van der Waals surface area contributed by atoms with E-state index in [0.717, 1.165) is 19.3 Å². The maximum atomic E-state index is 10.9. The number of hydrogen-bond acceptors (Lipinski definition) is 4. The zero-order valence-corrected chi connectivity index (χ0v) is 10.8. The predicted octanol–water partition coefficient (Wildman–Crippen LogP) is 2.08. The molecule has 2 N–H and O–H groups in total. The molecule has 0 bridgehead atoms. The SMILES string of the molecule is COc1cc(C(=O)O)ccc1OC1CCCC(O)C1. The van der Waals surface area contributed by atoms with Crippen LogP contribution in [0.3, 0.4) is 0 Å². The molecule has 2 atom stereocenters. The minimum atomic E-state index is -1.00. The van der Waals surface area contributed by atoms with E-state index in [1.807, 2.05) is 0 Å². The number of aromatic carboxylic acids is 1. The van der Waals surface area contributed by atoms with Gasteiger partial charge in [-0.05, 0) is 37.5 Å². The Morgan fingerprint density at radius 3 is 2.74 bits per heavy atom. The summed E-state index contributed by atoms with van der Waals surface area (Å²) in [6.45, 7) is 0. The Hall–Kier alpha value is -1.75. The molecule has 2 rings (SSSR count). The topological polar surface area (TPSA) is 76.0 Å². The molecule has 0 aromatic heterocycles. The van der Waals surface area contributed by atoms with Gasteiger partial charge in [0.15, 0.2) is 11.5 Å². The van der Waals surface area contributed by atoms with Gasteiger partial charge in [0.1, 0.15) is 6.10 Å². The van der Waals surface area contributed by atoms with Gasteiger partial charge < -0.3 is 19.7 Å². The standard InChI is InChI=1S/C14H18O5/c1-18-13-7-9(14(16)17)5-6-12(13)19-11-4-2-3-10(15)8-11/h5-7,10-11,15H,2-4,8H2,1H3,(H,16,17). The fourth-order valence-electron chi connectivity index (χ4n) is 2.30. The van der Waals surface area contributed by atoms with Crippen LogP contribution < -0.4 is 9.47 Å². The summed E-state index contributed by atoms with van der Waals surface area (Å²) in [5.41, 5.74) is 0.160. The molecular weight excluding hydrogens is 248 g/mol. The molecule has 1 aliphatic carbocycles. The number of hydrogen-bond donors (Lipinski definition) is 2. The number of carboxylic acid groups (broad SMARTS) is 1. The van der Waals surface area contributed by atoms with Crippen molar-refractivity contribution >= 4 is 5.97 Å². The van der Waals surface area contributed by atoms with Gasteiger partial charge in [-0.2, -0.15) is 0 Å². The highest BCUT2D eigenvalue weighted by Gasteiger charge is 2.22. The van der Waals surface area contributed by atoms with Crippen LogP contribution in [0.15, 0.2) is 18.2 Å². The van der Waals surface area contributed by atoms with E-state index in [0.29, 0.717) is 17.9 Å². The summed E-state index contributed by atoms with van der Waals surface area (Å²) in [5.74, 6) is -0.0792. The minimum absolute atomic E-state index is 0.0478. The maximum absolute atomic E-state index is 10.9. The van der Waals surface area contributed by atoms with Gasteiger partial charge in [-0.1, -0.05) is 0 Å². The Kier molecular flexibility index (Phi) is 4.27. The Balaban J connectivity index is 2.13. The van der Waals surface area contributed by atoms with E-state index in [-0.39, 0.29) is 17.8 Å². The number of aliphatic hydroxyl groups is 1. The average molecular weight is 266 g/mol. The second kappa shape index (κ2) is 5.93. The summed E-state index contributed by atoms with van der Waals surface area (Å²) >= 11 is 0. The number of rotatable bonds is 4. The van der Waals surface area contributed by atoms with Crippen molar-refractivity contribution in [2.24, 2.45) is 0 Å². The molecule has 0 heterocycles. The second-order valence-corrected chi connectivity index (χ2v) is 4.73. The largest absolute Gasteiger partial charge is 0.493 e. The molecule has 5 heteroatoms. The van der Waals surface area contributed by atoms with Gasteiger partial charge in [0.25, 0.3) is 0 Å². The third-order valence-corrected chi connectivity index (χ3v) is 3.30. The Bertz CT molecular complexity index is 457. The molecule has 1 aliphatic rings. The van der Waals surface area contributed by atoms with Crippen molar-refractivity contribution < 1.29 is 24.5 Å². The first-order valence-electron chi connectivity index (χ1n) is 6.36. The number of carboxylic acids is 1. The summed E-state index contributed by atoms with van der Waals surface area (Å²) < 4.78 is 11.0. The zero-order valence-electron chi connectivity index (χ0n) is 10.8. The van der Waals surface area contributed by atoms with Crippen LogP contribution in [0, 0.1) is 0 Å². The van der Waals surface area contributed by atoms with Crippen LogP contribution >= 0.6 is 0 Å². The molecule has 0 spiro atoms. The summed E-state index contributed by atoms with van der Waals surface area (Å²) in [4.78, 5) is 10.9. The molecule has 104 valence electrons. The third kappa shape index (κ3) is 3.38. The molecule has 0 radical (unpaired) electrons. The molecule has 1 fully saturated rings. The first-order valence-corrected chi connectivity index (χ1v) is 6.36. The molecule has 0 aliphatic heterocycles. The van der Waals surface area contributed by atoms with E-state index >= 15 is 0 Å². The number of benzene rings is 1. The van der Waals surface area contributed by atoms with Crippen LogP contribution in [0.2, 0.25) is 0 Å². The summed E-state index contributed by atoms with van der Waals surface area (Å²) in [6, 6.07) is 4.53. The molecule has 19 heavy (non-hydrogen) atoms. The molecule has 2 unspecified atom stereocenters. The maximum Gasteiger partial charge on any atom is 0.335 e. The summed E-state index contributed by atoms with van der Waals surface area (Å²) in [7, 11) is 1.48. The number of ether oxygens (including phenoxy) is 2. The lowest BCUT2D eigenvalue weighted by Gasteiger charge is -2.27. The highest BCUT2D eigenvalue weighted by Crippen LogP contribution is 2.32. The van der Waals surface area contributed by atoms with Crippen LogP contribution in [0.1, 0.15) is 36.0 Å². The fraction of sp³-hybridized carbons (Fsp3) is 0.500. The van der Waals surface area contributed by atoms with Gasteiger partial charge in [-0.15, -0.1) is 0 Å². The van der Waals surface area contributed by atoms with Gasteiger partial charge in [-0.25, -0.2) is 4.79 Å². The Morgan fingerprint density at radius 2 is 2.11 bits per heavy atom. The van der Waals surface area contributed by atoms with Gasteiger partial charge in [-0.3, -0.25) is 0 Å². The van der Waals surface area contributed by atoms with Gasteiger partial charge in [0, 0.05) is 6.42 Å². The van der Waals surface area contributed by atoms with Crippen LogP contribution in [0.25, 0.3) is 0 Å². The quantitative estimate of drug-likeness (QED) is 0.872. The first kappa shape index (κ1) is 13.7. The van der Waals surface area contributed by atoms with E-state index in [9.17, 15) is 9.90 Å². The van der Waals surface area contributed by atoms with E-state index in [1.54, 1.807) is 6.07 Å². The second-order valence-electron chi connectivity index (χ2n) is 4.73. The Labute approximate surface area is 111 Å². The molecule has 0 saturated heterocycles. The van der Waals surface area contributed by atoms with E-state index < -0.39 is 5.97 Å². The van der Waals surface area contributed by atoms with Crippen molar-refractivity contribution in [3.8, 4) is 11.5 Å². The van der Waals surface area contributed by atoms with Gasteiger partial charge >= 0.3 is 5.97 Å². The average Bonchev–Trinajstić information content (AvgIpc) is 2.39. The predicted molar refractivity (Wildman–Crippen MR) is 68.8 cm³/mol. The van der Waals surface area contributed by atoms with Crippen LogP contribution in [-0.4, -0.2) is 35.5 Å². The van der Waals surface area contributed by atoms with Crippen molar-refractivity contribution in [3.63, 3.8) is 0 Å². The summed E-state index contributed by atoms with van der Waals surface area (Å²) in [5, 5.41) is 18.5. The van der Waals surface area contributed by atoms with Crippen molar-refractivity contribution in [1.82, 2.24) is 0 Å². The number of methoxy groups -OCH3 is 1. The highest BCUT2D eigenvalue weighted by atomic mass is 16.5. The molecule has 1 saturated carbocycles. The van der Waals surface area contributed by atoms with Crippen molar-refractivity contribution in [2.45, 2.75) is 37.9 Å². The normalized spacial score (nSPS) is 22.8. The van der Waals surface area contributed by atoms with Crippen molar-refractivity contribution in [1.29, 1.82) is 0 Å². The lowest BCUT2D eigenvalue weighted by atomic mass is 9.95. The first-order chi connectivity index (χ1) is 9.10. The third-order valence-electron chi connectivity index (χ3n) is 3.30. The monoisotopic (exact) mass is 266 g/mol. The van der Waals surface area contributed by atoms with Crippen molar-refractivity contribution in [3.05, 3.63) is 23.8 Å². The van der Waals surface area contributed by atoms with Crippen LogP contribution in [0.5, 0.6) is 11.5 Å². The Morgan fingerprint density at radius 1 is 1.32 bits per heavy atom. The molecule has 1 aromatic rings. The van der Waals surface area contributed by atoms with Gasteiger partial charge in [0.2, 0.25) is 0 Å². The highest BCUT2D eigenvalue weighted by molar-refractivity contribution is 5.88. The lowest BCUT2D eigenvalue weighted by molar-refractivity contribution is 0.0522. The molecular formula is C14H18O5. The lowest BCUT2D eigenvalue weighted by Crippen LogP contribution is -2.28. The number of aliphatic hydroxyl groups excluding tert-OH is 1. The molecule has 0 amide bonds. The van der Waals surface area contributed by atoms with Crippen LogP contribution in [-0.2, 0) is 0 Å². The van der Waals surface area contributed by atoms with E-state index in [2.05, 4.69) is 0 Å². The van der Waals surface area contributed by atoms with E-state index in [1.165, 1.54) is 19.2 Å². The minimum Gasteiger partial charge on any atom is -0.493 e. The van der Waals surface area contributed by atoms with Crippen molar-refractivity contribution in [2.75, 3.05) is 7.11 Å². The number of carbonyl (C=O) groups is 1. The van der Waals surface area contributed by atoms with Crippen LogP contribution in [0.4, 0.5) is 0 Å². The fourth-order valence-corrected chi connectivity index (χ4v) is 2.30. The smallest absolute Gasteiger partial charge is 0.335 e. The molecule has 1 aromatic carbocycles. The van der Waals surface area contributed by atoms with Gasteiger partial charge in [0.05, 0.1) is 18.8 Å². The summed E-state index contributed by atoms with van der Waals surface area (Å²) in [6.07, 6.45) is 2.87.